The molecule has 6 atom stereocenters. The fourth-order valence-electron chi connectivity index (χ4n) is 5.49. The van der Waals surface area contributed by atoms with Gasteiger partial charge in [-0.2, -0.15) is 0 Å². The summed E-state index contributed by atoms with van der Waals surface area (Å²) in [5.74, 6) is 0.369. The molecule has 1 aromatic rings. The molecular weight excluding hydrogens is 354 g/mol. The van der Waals surface area contributed by atoms with Gasteiger partial charge in [-0.3, -0.25) is 14.5 Å². The standard InChI is InChI=1S/C23H25NO4/c1-23(2,3)12-4-6-13(7-5-12)28-18(25)11-24-21(26)19-14-8-9-15(17-10-16(14)17)20(19)22(24)27/h4-9,14-17,19-20H,10-11H2,1-3H3/t14-,15+,16-,17+,19-,20+. The molecule has 2 bridgehead atoms. The Hall–Kier alpha value is -2.43. The highest BCUT2D eigenvalue weighted by atomic mass is 16.5. The Labute approximate surface area is 164 Å². The number of imide groups is 1. The molecule has 1 aliphatic heterocycles. The number of ether oxygens (including phenoxy) is 1. The molecule has 5 heteroatoms. The van der Waals surface area contributed by atoms with E-state index in [2.05, 4.69) is 32.9 Å². The van der Waals surface area contributed by atoms with E-state index < -0.39 is 5.97 Å². The maximum atomic E-state index is 12.9. The topological polar surface area (TPSA) is 63.7 Å². The van der Waals surface area contributed by atoms with E-state index in [9.17, 15) is 14.4 Å². The first-order valence-electron chi connectivity index (χ1n) is 10.1. The van der Waals surface area contributed by atoms with Gasteiger partial charge in [0, 0.05) is 0 Å². The molecule has 5 nitrogen and oxygen atoms in total. The van der Waals surface area contributed by atoms with Crippen molar-refractivity contribution < 1.29 is 19.1 Å². The zero-order valence-electron chi connectivity index (χ0n) is 16.4. The van der Waals surface area contributed by atoms with Crippen molar-refractivity contribution in [1.82, 2.24) is 4.90 Å². The average molecular weight is 379 g/mol. The van der Waals surface area contributed by atoms with E-state index in [-0.39, 0.29) is 47.4 Å². The summed E-state index contributed by atoms with van der Waals surface area (Å²) in [6.07, 6.45) is 5.38. The summed E-state index contributed by atoms with van der Waals surface area (Å²) in [7, 11) is 0. The van der Waals surface area contributed by atoms with Crippen molar-refractivity contribution in [3.05, 3.63) is 42.0 Å². The lowest BCUT2D eigenvalue weighted by molar-refractivity contribution is -0.148. The summed E-state index contributed by atoms with van der Waals surface area (Å²) < 4.78 is 5.39. The van der Waals surface area contributed by atoms with Crippen LogP contribution in [0.5, 0.6) is 5.75 Å². The number of benzene rings is 1. The van der Waals surface area contributed by atoms with E-state index in [1.54, 1.807) is 12.1 Å². The molecule has 0 unspecified atom stereocenters. The molecule has 3 fully saturated rings. The molecule has 6 rings (SSSR count). The Morgan fingerprint density at radius 3 is 2.04 bits per heavy atom. The summed E-state index contributed by atoms with van der Waals surface area (Å²) in [5.41, 5.74) is 1.16. The Balaban J connectivity index is 1.27. The Kier molecular flexibility index (Phi) is 3.65. The average Bonchev–Trinajstić information content (AvgIpc) is 3.43. The maximum absolute atomic E-state index is 12.9. The lowest BCUT2D eigenvalue weighted by Gasteiger charge is -2.37. The van der Waals surface area contributed by atoms with Gasteiger partial charge in [0.2, 0.25) is 11.8 Å². The van der Waals surface area contributed by atoms with Crippen LogP contribution in [0, 0.1) is 35.5 Å². The van der Waals surface area contributed by atoms with Crippen molar-refractivity contribution in [2.45, 2.75) is 32.6 Å². The Bertz CT molecular complexity index is 858. The van der Waals surface area contributed by atoms with Gasteiger partial charge in [0.25, 0.3) is 0 Å². The fraction of sp³-hybridized carbons (Fsp3) is 0.522. The zero-order valence-corrected chi connectivity index (χ0v) is 16.4. The van der Waals surface area contributed by atoms with Crippen molar-refractivity contribution in [2.24, 2.45) is 35.5 Å². The smallest absolute Gasteiger partial charge is 0.331 e. The van der Waals surface area contributed by atoms with Crippen LogP contribution in [0.25, 0.3) is 0 Å². The molecule has 0 aromatic heterocycles. The molecule has 1 aromatic carbocycles. The lowest BCUT2D eigenvalue weighted by Crippen LogP contribution is -2.40. The molecule has 2 saturated carbocycles. The molecule has 1 saturated heterocycles. The van der Waals surface area contributed by atoms with E-state index in [0.717, 1.165) is 16.9 Å². The molecule has 146 valence electrons. The molecule has 28 heavy (non-hydrogen) atoms. The van der Waals surface area contributed by atoms with Gasteiger partial charge in [0.05, 0.1) is 11.8 Å². The lowest BCUT2D eigenvalue weighted by atomic mass is 9.63. The van der Waals surface area contributed by atoms with Crippen LogP contribution in [0.2, 0.25) is 0 Å². The number of esters is 1. The van der Waals surface area contributed by atoms with E-state index in [1.165, 1.54) is 0 Å². The SMILES string of the molecule is CC(C)(C)c1ccc(OC(=O)CN2C(=O)[C@@H]3[C@@H]4C=C[C@@H]([C@@H]5C[C@H]45)[C@@H]3C2=O)cc1. The molecule has 1 heterocycles. The number of carbonyl (C=O) groups is 3. The first-order chi connectivity index (χ1) is 13.3. The third-order valence-electron chi connectivity index (χ3n) is 6.99. The van der Waals surface area contributed by atoms with Crippen LogP contribution in [-0.4, -0.2) is 29.2 Å². The van der Waals surface area contributed by atoms with Gasteiger partial charge in [0.1, 0.15) is 12.3 Å². The van der Waals surface area contributed by atoms with Gasteiger partial charge < -0.3 is 4.74 Å². The number of rotatable bonds is 3. The minimum absolute atomic E-state index is 0.0152. The van der Waals surface area contributed by atoms with Crippen LogP contribution in [-0.2, 0) is 19.8 Å². The molecule has 0 N–H and O–H groups in total. The molecular formula is C23H25NO4. The van der Waals surface area contributed by atoms with Gasteiger partial charge in [-0.15, -0.1) is 0 Å². The van der Waals surface area contributed by atoms with Crippen LogP contribution in [0.4, 0.5) is 0 Å². The largest absolute Gasteiger partial charge is 0.425 e. The molecule has 0 radical (unpaired) electrons. The van der Waals surface area contributed by atoms with Crippen LogP contribution >= 0.6 is 0 Å². The molecule has 2 amide bonds. The number of hydrogen-bond donors (Lipinski definition) is 0. The molecule has 5 aliphatic rings. The van der Waals surface area contributed by atoms with Gasteiger partial charge >= 0.3 is 5.97 Å². The van der Waals surface area contributed by atoms with E-state index in [0.29, 0.717) is 17.6 Å². The molecule has 0 spiro atoms. The van der Waals surface area contributed by atoms with E-state index >= 15 is 0 Å². The Morgan fingerprint density at radius 2 is 1.54 bits per heavy atom. The van der Waals surface area contributed by atoms with Crippen LogP contribution in [0.15, 0.2) is 36.4 Å². The van der Waals surface area contributed by atoms with Crippen LogP contribution in [0.1, 0.15) is 32.8 Å². The van der Waals surface area contributed by atoms with Crippen molar-refractivity contribution in [3.8, 4) is 5.75 Å². The van der Waals surface area contributed by atoms with Crippen molar-refractivity contribution in [2.75, 3.05) is 6.54 Å². The first-order valence-corrected chi connectivity index (χ1v) is 10.1. The highest BCUT2D eigenvalue weighted by molar-refractivity contribution is 6.08. The third kappa shape index (κ3) is 2.55. The summed E-state index contributed by atoms with van der Waals surface area (Å²) in [5, 5.41) is 0. The van der Waals surface area contributed by atoms with Crippen molar-refractivity contribution in [3.63, 3.8) is 0 Å². The van der Waals surface area contributed by atoms with Gasteiger partial charge in [-0.1, -0.05) is 45.1 Å². The highest BCUT2D eigenvalue weighted by Gasteiger charge is 2.67. The zero-order chi connectivity index (χ0) is 19.8. The summed E-state index contributed by atoms with van der Waals surface area (Å²) >= 11 is 0. The number of carbonyl (C=O) groups excluding carboxylic acids is 3. The second-order valence-corrected chi connectivity index (χ2v) is 9.67. The van der Waals surface area contributed by atoms with E-state index in [4.69, 9.17) is 4.74 Å². The van der Waals surface area contributed by atoms with Crippen molar-refractivity contribution >= 4 is 17.8 Å². The Morgan fingerprint density at radius 1 is 1.00 bits per heavy atom. The van der Waals surface area contributed by atoms with Gasteiger partial charge in [-0.25, -0.2) is 4.79 Å². The monoisotopic (exact) mass is 379 g/mol. The number of hydrogen-bond acceptors (Lipinski definition) is 4. The van der Waals surface area contributed by atoms with Gasteiger partial charge in [0.15, 0.2) is 0 Å². The highest BCUT2D eigenvalue weighted by Crippen LogP contribution is 2.65. The number of nitrogens with zero attached hydrogens (tertiary/aromatic N) is 1. The molecule has 4 aliphatic carbocycles. The number of likely N-dealkylation sites (tertiary alicyclic amines) is 1. The second kappa shape index (κ2) is 5.79. The number of allylic oxidation sites excluding steroid dienone is 2. The predicted molar refractivity (Wildman–Crippen MR) is 102 cm³/mol. The quantitative estimate of drug-likeness (QED) is 0.351. The van der Waals surface area contributed by atoms with Crippen LogP contribution in [0.3, 0.4) is 0 Å². The fourth-order valence-corrected chi connectivity index (χ4v) is 5.49. The minimum Gasteiger partial charge on any atom is -0.425 e. The minimum atomic E-state index is -0.575. The summed E-state index contributed by atoms with van der Waals surface area (Å²) in [4.78, 5) is 39.4. The predicted octanol–water partition coefficient (Wildman–Crippen LogP) is 2.94. The number of amides is 2. The second-order valence-electron chi connectivity index (χ2n) is 9.67. The maximum Gasteiger partial charge on any atom is 0.331 e. The first kappa shape index (κ1) is 17.7. The summed E-state index contributed by atoms with van der Waals surface area (Å²) in [6.45, 7) is 6.04. The third-order valence-corrected chi connectivity index (χ3v) is 6.99. The normalized spacial score (nSPS) is 35.0. The van der Waals surface area contributed by atoms with Gasteiger partial charge in [-0.05, 0) is 53.2 Å². The van der Waals surface area contributed by atoms with Crippen LogP contribution < -0.4 is 4.74 Å². The van der Waals surface area contributed by atoms with Crippen molar-refractivity contribution in [1.29, 1.82) is 0 Å². The van der Waals surface area contributed by atoms with E-state index in [1.807, 2.05) is 12.1 Å². The summed E-state index contributed by atoms with van der Waals surface area (Å²) in [6, 6.07) is 7.37.